The number of carbonyl (C=O) groups excluding carboxylic acids is 1. The monoisotopic (exact) mass is 316 g/mol. The summed E-state index contributed by atoms with van der Waals surface area (Å²) in [5.74, 6) is 1.05. The molecule has 1 aliphatic heterocycles. The highest BCUT2D eigenvalue weighted by Crippen LogP contribution is 2.10. The minimum Gasteiger partial charge on any atom is -0.356 e. The van der Waals surface area contributed by atoms with E-state index >= 15 is 0 Å². The van der Waals surface area contributed by atoms with Gasteiger partial charge in [-0.3, -0.25) is 9.79 Å². The maximum absolute atomic E-state index is 11.7. The van der Waals surface area contributed by atoms with Gasteiger partial charge in [-0.25, -0.2) is 0 Å². The molecule has 5 heteroatoms. The van der Waals surface area contributed by atoms with Crippen LogP contribution in [0.15, 0.2) is 29.3 Å². The Morgan fingerprint density at radius 3 is 2.74 bits per heavy atom. The lowest BCUT2D eigenvalue weighted by molar-refractivity contribution is -0.129. The fourth-order valence-electron chi connectivity index (χ4n) is 2.80. The first-order valence-corrected chi connectivity index (χ1v) is 8.43. The molecule has 1 amide bonds. The lowest BCUT2D eigenvalue weighted by Crippen LogP contribution is -2.45. The minimum absolute atomic E-state index is 0.233. The molecule has 0 aromatic heterocycles. The molecule has 1 unspecified atom stereocenters. The lowest BCUT2D eigenvalue weighted by atomic mass is 10.1. The SMILES string of the molecule is CCC(=O)N1CCC(NC(=NC)NCCc2ccc(C)cc2)C1. The summed E-state index contributed by atoms with van der Waals surface area (Å²) in [7, 11) is 1.78. The summed E-state index contributed by atoms with van der Waals surface area (Å²) >= 11 is 0. The highest BCUT2D eigenvalue weighted by molar-refractivity contribution is 5.80. The third-order valence-electron chi connectivity index (χ3n) is 4.23. The molecule has 5 nitrogen and oxygen atoms in total. The van der Waals surface area contributed by atoms with Gasteiger partial charge in [0.25, 0.3) is 0 Å². The number of nitrogens with zero attached hydrogens (tertiary/aromatic N) is 2. The van der Waals surface area contributed by atoms with Crippen molar-refractivity contribution in [3.8, 4) is 0 Å². The van der Waals surface area contributed by atoms with E-state index in [-0.39, 0.29) is 11.9 Å². The number of aliphatic imine (C=N–C) groups is 1. The van der Waals surface area contributed by atoms with Crippen LogP contribution in [-0.4, -0.2) is 49.5 Å². The predicted molar refractivity (Wildman–Crippen MR) is 94.7 cm³/mol. The Kier molecular flexibility index (Phi) is 6.44. The zero-order valence-electron chi connectivity index (χ0n) is 14.4. The molecule has 1 atom stereocenters. The Morgan fingerprint density at radius 2 is 2.09 bits per heavy atom. The van der Waals surface area contributed by atoms with Gasteiger partial charge >= 0.3 is 0 Å². The number of hydrogen-bond acceptors (Lipinski definition) is 2. The molecule has 0 bridgehead atoms. The summed E-state index contributed by atoms with van der Waals surface area (Å²) in [6, 6.07) is 8.90. The Balaban J connectivity index is 1.73. The second-order valence-corrected chi connectivity index (χ2v) is 6.06. The van der Waals surface area contributed by atoms with Crippen LogP contribution in [0, 0.1) is 6.92 Å². The average Bonchev–Trinajstić information content (AvgIpc) is 3.03. The molecule has 1 saturated heterocycles. The first-order valence-electron chi connectivity index (χ1n) is 8.43. The number of rotatable bonds is 5. The van der Waals surface area contributed by atoms with E-state index in [1.165, 1.54) is 11.1 Å². The fraction of sp³-hybridized carbons (Fsp3) is 0.556. The Bertz CT molecular complexity index is 538. The van der Waals surface area contributed by atoms with E-state index in [4.69, 9.17) is 0 Å². The van der Waals surface area contributed by atoms with Gasteiger partial charge in [-0.05, 0) is 25.3 Å². The molecule has 23 heavy (non-hydrogen) atoms. The predicted octanol–water partition coefficient (Wildman–Crippen LogP) is 1.71. The van der Waals surface area contributed by atoms with Crippen LogP contribution in [0.5, 0.6) is 0 Å². The summed E-state index contributed by atoms with van der Waals surface area (Å²) in [6.07, 6.45) is 2.52. The van der Waals surface area contributed by atoms with E-state index in [9.17, 15) is 4.79 Å². The van der Waals surface area contributed by atoms with Gasteiger partial charge in [0, 0.05) is 39.1 Å². The van der Waals surface area contributed by atoms with Gasteiger partial charge in [0.1, 0.15) is 0 Å². The molecule has 0 spiro atoms. The smallest absolute Gasteiger partial charge is 0.222 e. The normalized spacial score (nSPS) is 18.1. The summed E-state index contributed by atoms with van der Waals surface area (Å²) in [6.45, 7) is 6.46. The molecule has 1 aromatic rings. The van der Waals surface area contributed by atoms with E-state index in [1.54, 1.807) is 7.05 Å². The van der Waals surface area contributed by atoms with Crippen molar-refractivity contribution in [3.63, 3.8) is 0 Å². The third-order valence-corrected chi connectivity index (χ3v) is 4.23. The number of hydrogen-bond donors (Lipinski definition) is 2. The van der Waals surface area contributed by atoms with Crippen molar-refractivity contribution in [1.82, 2.24) is 15.5 Å². The number of aryl methyl sites for hydroxylation is 1. The highest BCUT2D eigenvalue weighted by atomic mass is 16.2. The first kappa shape index (κ1) is 17.3. The first-order chi connectivity index (χ1) is 11.1. The maximum Gasteiger partial charge on any atom is 0.222 e. The van der Waals surface area contributed by atoms with Crippen molar-refractivity contribution in [2.45, 2.75) is 39.2 Å². The van der Waals surface area contributed by atoms with Gasteiger partial charge in [-0.1, -0.05) is 36.8 Å². The molecule has 2 rings (SSSR count). The number of benzene rings is 1. The molecule has 0 saturated carbocycles. The van der Waals surface area contributed by atoms with Crippen molar-refractivity contribution < 1.29 is 4.79 Å². The maximum atomic E-state index is 11.7. The van der Waals surface area contributed by atoms with Crippen LogP contribution in [0.1, 0.15) is 30.9 Å². The second kappa shape index (κ2) is 8.56. The molecule has 126 valence electrons. The van der Waals surface area contributed by atoms with Crippen molar-refractivity contribution in [2.24, 2.45) is 4.99 Å². The number of likely N-dealkylation sites (tertiary alicyclic amines) is 1. The van der Waals surface area contributed by atoms with Crippen LogP contribution in [0.3, 0.4) is 0 Å². The number of carbonyl (C=O) groups is 1. The summed E-state index contributed by atoms with van der Waals surface area (Å²) in [5.41, 5.74) is 2.60. The van der Waals surface area contributed by atoms with Crippen LogP contribution in [0.2, 0.25) is 0 Å². The van der Waals surface area contributed by atoms with E-state index < -0.39 is 0 Å². The number of nitrogens with one attached hydrogen (secondary N) is 2. The van der Waals surface area contributed by atoms with Gasteiger partial charge in [0.15, 0.2) is 5.96 Å². The summed E-state index contributed by atoms with van der Waals surface area (Å²) in [5, 5.41) is 6.77. The molecular formula is C18H28N4O. The van der Waals surface area contributed by atoms with Crippen LogP contribution < -0.4 is 10.6 Å². The topological polar surface area (TPSA) is 56.7 Å². The largest absolute Gasteiger partial charge is 0.356 e. The molecule has 2 N–H and O–H groups in total. The van der Waals surface area contributed by atoms with Gasteiger partial charge in [0.2, 0.25) is 5.91 Å². The van der Waals surface area contributed by atoms with E-state index in [1.807, 2.05) is 11.8 Å². The van der Waals surface area contributed by atoms with Crippen LogP contribution >= 0.6 is 0 Å². The van der Waals surface area contributed by atoms with Gasteiger partial charge < -0.3 is 15.5 Å². The fourth-order valence-corrected chi connectivity index (χ4v) is 2.80. The van der Waals surface area contributed by atoms with Crippen molar-refractivity contribution in [2.75, 3.05) is 26.7 Å². The summed E-state index contributed by atoms with van der Waals surface area (Å²) < 4.78 is 0. The molecule has 0 radical (unpaired) electrons. The average molecular weight is 316 g/mol. The molecule has 1 aliphatic rings. The van der Waals surface area contributed by atoms with Gasteiger partial charge in [0.05, 0.1) is 0 Å². The zero-order chi connectivity index (χ0) is 16.7. The van der Waals surface area contributed by atoms with E-state index in [2.05, 4.69) is 46.8 Å². The number of guanidine groups is 1. The molecule has 1 heterocycles. The Labute approximate surface area is 139 Å². The molecule has 1 fully saturated rings. The molecule has 0 aliphatic carbocycles. The van der Waals surface area contributed by atoms with Crippen LogP contribution in [-0.2, 0) is 11.2 Å². The van der Waals surface area contributed by atoms with Crippen molar-refractivity contribution >= 4 is 11.9 Å². The lowest BCUT2D eigenvalue weighted by Gasteiger charge is -2.18. The standard InChI is InChI=1S/C18H28N4O/c1-4-17(23)22-12-10-16(13-22)21-18(19-3)20-11-9-15-7-5-14(2)6-8-15/h5-8,16H,4,9-13H2,1-3H3,(H2,19,20,21). The third kappa shape index (κ3) is 5.27. The van der Waals surface area contributed by atoms with E-state index in [0.29, 0.717) is 6.42 Å². The van der Waals surface area contributed by atoms with Crippen molar-refractivity contribution in [3.05, 3.63) is 35.4 Å². The number of amides is 1. The van der Waals surface area contributed by atoms with Crippen LogP contribution in [0.4, 0.5) is 0 Å². The van der Waals surface area contributed by atoms with Crippen molar-refractivity contribution in [1.29, 1.82) is 0 Å². The summed E-state index contributed by atoms with van der Waals surface area (Å²) in [4.78, 5) is 17.9. The minimum atomic E-state index is 0.233. The highest BCUT2D eigenvalue weighted by Gasteiger charge is 2.25. The quantitative estimate of drug-likeness (QED) is 0.642. The van der Waals surface area contributed by atoms with Crippen LogP contribution in [0.25, 0.3) is 0 Å². The second-order valence-electron chi connectivity index (χ2n) is 6.06. The molecular weight excluding hydrogens is 288 g/mol. The Morgan fingerprint density at radius 1 is 1.35 bits per heavy atom. The van der Waals surface area contributed by atoms with E-state index in [0.717, 1.165) is 38.4 Å². The molecule has 1 aromatic carbocycles. The van der Waals surface area contributed by atoms with Gasteiger partial charge in [-0.2, -0.15) is 0 Å². The Hall–Kier alpha value is -2.04. The zero-order valence-corrected chi connectivity index (χ0v) is 14.4. The van der Waals surface area contributed by atoms with Gasteiger partial charge in [-0.15, -0.1) is 0 Å².